The first-order valence-electron chi connectivity index (χ1n) is 12.7. The van der Waals surface area contributed by atoms with Crippen molar-refractivity contribution in [2.24, 2.45) is 0 Å². The molecule has 0 spiro atoms. The fraction of sp³-hybridized carbons (Fsp3) is 0.138. The molecule has 5 rings (SSSR count). The highest BCUT2D eigenvalue weighted by Crippen LogP contribution is 2.43. The van der Waals surface area contributed by atoms with Crippen molar-refractivity contribution >= 4 is 40.6 Å². The van der Waals surface area contributed by atoms with E-state index in [1.165, 1.54) is 48.2 Å². The second-order valence-electron chi connectivity index (χ2n) is 9.13. The van der Waals surface area contributed by atoms with Gasteiger partial charge in [0.15, 0.2) is 5.16 Å². The molecule has 1 aliphatic rings. The van der Waals surface area contributed by atoms with Gasteiger partial charge in [-0.2, -0.15) is 0 Å². The van der Waals surface area contributed by atoms with E-state index in [2.05, 4.69) is 15.3 Å². The number of aromatic nitrogens is 2. The van der Waals surface area contributed by atoms with Gasteiger partial charge >= 0.3 is 5.97 Å². The van der Waals surface area contributed by atoms with E-state index in [9.17, 15) is 29.8 Å². The van der Waals surface area contributed by atoms with Gasteiger partial charge in [0.1, 0.15) is 5.82 Å². The van der Waals surface area contributed by atoms with Gasteiger partial charge in [-0.25, -0.2) is 9.78 Å². The van der Waals surface area contributed by atoms with Crippen LogP contribution < -0.4 is 10.9 Å². The number of fused-ring (bicyclic) bond motifs is 1. The number of nitro groups is 2. The molecule has 0 aliphatic carbocycles. The first-order valence-corrected chi connectivity index (χ1v) is 13.7. The predicted molar refractivity (Wildman–Crippen MR) is 156 cm³/mol. The van der Waals surface area contributed by atoms with Gasteiger partial charge in [-0.3, -0.25) is 25.0 Å². The second-order valence-corrected chi connectivity index (χ2v) is 10.1. The van der Waals surface area contributed by atoms with Gasteiger partial charge in [-0.05, 0) is 23.6 Å². The van der Waals surface area contributed by atoms with Crippen LogP contribution in [0.1, 0.15) is 35.1 Å². The molecule has 0 fully saturated rings. The Morgan fingerprint density at radius 3 is 2.17 bits per heavy atom. The Morgan fingerprint density at radius 2 is 1.57 bits per heavy atom. The number of carbonyl (C=O) groups excluding carboxylic acids is 1. The predicted octanol–water partition coefficient (Wildman–Crippen LogP) is 5.41. The molecule has 2 heterocycles. The molecule has 1 atom stereocenters. The van der Waals surface area contributed by atoms with Gasteiger partial charge in [0.25, 0.3) is 16.9 Å². The third-order valence-electron chi connectivity index (χ3n) is 6.54. The Hall–Kier alpha value is -5.30. The van der Waals surface area contributed by atoms with Crippen molar-refractivity contribution < 1.29 is 19.4 Å². The zero-order valence-corrected chi connectivity index (χ0v) is 22.9. The summed E-state index contributed by atoms with van der Waals surface area (Å²) in [5.41, 5.74) is 1.97. The molecule has 4 aromatic rings. The van der Waals surface area contributed by atoms with Gasteiger partial charge in [0.2, 0.25) is 0 Å². The number of benzene rings is 3. The Balaban J connectivity index is 1.61. The lowest BCUT2D eigenvalue weighted by Gasteiger charge is -2.30. The van der Waals surface area contributed by atoms with Gasteiger partial charge < -0.3 is 15.0 Å². The number of rotatable bonds is 9. The molecule has 12 nitrogen and oxygen atoms in total. The summed E-state index contributed by atoms with van der Waals surface area (Å²) < 4.78 is 5.41. The fourth-order valence-corrected chi connectivity index (χ4v) is 5.43. The number of nitro benzene ring substituents is 2. The van der Waals surface area contributed by atoms with E-state index in [1.54, 1.807) is 43.3 Å². The number of non-ortho nitro benzene ring substituents is 2. The van der Waals surface area contributed by atoms with Crippen LogP contribution in [0.3, 0.4) is 0 Å². The van der Waals surface area contributed by atoms with Crippen LogP contribution in [0.15, 0.2) is 94.4 Å². The molecule has 13 heteroatoms. The minimum atomic E-state index is -0.943. The van der Waals surface area contributed by atoms with Crippen LogP contribution in [-0.2, 0) is 15.3 Å². The lowest BCUT2D eigenvalue weighted by Crippen LogP contribution is -2.31. The molecule has 42 heavy (non-hydrogen) atoms. The molecule has 0 radical (unpaired) electrons. The van der Waals surface area contributed by atoms with Gasteiger partial charge in [-0.15, -0.1) is 0 Å². The standard InChI is InChI=1S/C29H23N5O7S/c1-2-41-28(36)23-22(18-10-14-21(15-11-18)34(39)40)24-26(30-25(23)19-6-4-3-5-7-19)31-29(32-27(24)35)42-16-17-8-12-20(13-9-17)33(37)38/h3-15,22H,2,16H2,1H3,(H2,30,31,32,35). The van der Waals surface area contributed by atoms with Gasteiger partial charge in [-0.1, -0.05) is 66.4 Å². The van der Waals surface area contributed by atoms with Crippen LogP contribution in [0.4, 0.5) is 17.2 Å². The lowest BCUT2D eigenvalue weighted by molar-refractivity contribution is -0.385. The number of thioether (sulfide) groups is 1. The van der Waals surface area contributed by atoms with E-state index in [1.807, 2.05) is 6.07 Å². The number of nitrogens with one attached hydrogen (secondary N) is 2. The van der Waals surface area contributed by atoms with Crippen molar-refractivity contribution in [1.29, 1.82) is 0 Å². The van der Waals surface area contributed by atoms with Crippen molar-refractivity contribution in [2.75, 3.05) is 11.9 Å². The summed E-state index contributed by atoms with van der Waals surface area (Å²) in [6, 6.07) is 20.8. The number of ether oxygens (including phenoxy) is 1. The first-order chi connectivity index (χ1) is 20.3. The summed E-state index contributed by atoms with van der Waals surface area (Å²) >= 11 is 1.23. The molecule has 0 saturated heterocycles. The molecule has 0 amide bonds. The maximum Gasteiger partial charge on any atom is 0.337 e. The minimum absolute atomic E-state index is 0.0248. The molecule has 1 unspecified atom stereocenters. The maximum absolute atomic E-state index is 13.6. The Morgan fingerprint density at radius 1 is 0.952 bits per heavy atom. The molecule has 0 bridgehead atoms. The van der Waals surface area contributed by atoms with E-state index < -0.39 is 27.3 Å². The number of H-pyrrole nitrogens is 1. The molecule has 2 N–H and O–H groups in total. The highest BCUT2D eigenvalue weighted by molar-refractivity contribution is 7.98. The fourth-order valence-electron chi connectivity index (χ4n) is 4.62. The number of hydrogen-bond acceptors (Lipinski definition) is 10. The van der Waals surface area contributed by atoms with E-state index in [-0.39, 0.29) is 34.9 Å². The lowest BCUT2D eigenvalue weighted by atomic mass is 9.81. The van der Waals surface area contributed by atoms with Crippen LogP contribution in [0.5, 0.6) is 0 Å². The van der Waals surface area contributed by atoms with Crippen molar-refractivity contribution in [3.05, 3.63) is 137 Å². The first kappa shape index (κ1) is 28.2. The minimum Gasteiger partial charge on any atom is -0.463 e. The largest absolute Gasteiger partial charge is 0.463 e. The Labute approximate surface area is 242 Å². The molecular formula is C29H23N5O7S. The van der Waals surface area contributed by atoms with Gasteiger partial charge in [0.05, 0.1) is 39.2 Å². The highest BCUT2D eigenvalue weighted by Gasteiger charge is 2.38. The van der Waals surface area contributed by atoms with Gasteiger partial charge in [0, 0.05) is 30.0 Å². The molecule has 1 aromatic heterocycles. The number of carbonyl (C=O) groups is 1. The van der Waals surface area contributed by atoms with Crippen molar-refractivity contribution in [3.8, 4) is 0 Å². The molecule has 1 aliphatic heterocycles. The number of esters is 1. The topological polar surface area (TPSA) is 170 Å². The Kier molecular flexibility index (Phi) is 8.11. The monoisotopic (exact) mass is 585 g/mol. The highest BCUT2D eigenvalue weighted by atomic mass is 32.2. The van der Waals surface area contributed by atoms with Crippen molar-refractivity contribution in [1.82, 2.24) is 9.97 Å². The molecule has 3 aromatic carbocycles. The van der Waals surface area contributed by atoms with E-state index in [0.29, 0.717) is 27.7 Å². The summed E-state index contributed by atoms with van der Waals surface area (Å²) in [5.74, 6) is -0.989. The number of nitrogens with zero attached hydrogens (tertiary/aromatic N) is 3. The molecular weight excluding hydrogens is 562 g/mol. The van der Waals surface area contributed by atoms with Crippen molar-refractivity contribution in [2.45, 2.75) is 23.8 Å². The van der Waals surface area contributed by atoms with Crippen LogP contribution in [0.2, 0.25) is 0 Å². The van der Waals surface area contributed by atoms with Crippen molar-refractivity contribution in [3.63, 3.8) is 0 Å². The molecule has 0 saturated carbocycles. The average Bonchev–Trinajstić information content (AvgIpc) is 3.00. The zero-order valence-electron chi connectivity index (χ0n) is 22.1. The van der Waals surface area contributed by atoms with Crippen LogP contribution in [0, 0.1) is 20.2 Å². The van der Waals surface area contributed by atoms with Crippen LogP contribution in [-0.4, -0.2) is 32.4 Å². The normalized spacial score (nSPS) is 14.1. The smallest absolute Gasteiger partial charge is 0.337 e. The maximum atomic E-state index is 13.6. The quantitative estimate of drug-likeness (QED) is 0.0851. The summed E-state index contributed by atoms with van der Waals surface area (Å²) in [6.45, 7) is 1.77. The molecule has 212 valence electrons. The van der Waals surface area contributed by atoms with E-state index in [4.69, 9.17) is 4.74 Å². The third kappa shape index (κ3) is 5.76. The summed E-state index contributed by atoms with van der Waals surface area (Å²) in [5, 5.41) is 25.7. The third-order valence-corrected chi connectivity index (χ3v) is 7.49. The summed E-state index contributed by atoms with van der Waals surface area (Å²) in [4.78, 5) is 55.8. The van der Waals surface area contributed by atoms with Crippen LogP contribution in [0.25, 0.3) is 5.70 Å². The van der Waals surface area contributed by atoms with Crippen LogP contribution >= 0.6 is 11.8 Å². The van der Waals surface area contributed by atoms with E-state index >= 15 is 0 Å². The zero-order chi connectivity index (χ0) is 29.8. The second kappa shape index (κ2) is 12.1. The average molecular weight is 586 g/mol. The summed E-state index contributed by atoms with van der Waals surface area (Å²) in [7, 11) is 0. The number of anilines is 1. The number of aromatic amines is 1. The Bertz CT molecular complexity index is 1750. The number of hydrogen-bond donors (Lipinski definition) is 2. The summed E-state index contributed by atoms with van der Waals surface area (Å²) in [6.07, 6.45) is 0. The van der Waals surface area contributed by atoms with E-state index in [0.717, 1.165) is 5.56 Å². The SMILES string of the molecule is CCOC(=O)C1=C(c2ccccc2)Nc2nc(SCc3ccc([N+](=O)[O-])cc3)[nH]c(=O)c2C1c1ccc([N+](=O)[O-])cc1.